The van der Waals surface area contributed by atoms with E-state index in [0.717, 1.165) is 12.4 Å². The smallest absolute Gasteiger partial charge is 0.316 e. The van der Waals surface area contributed by atoms with Gasteiger partial charge in [0.25, 0.3) is 5.91 Å². The molecule has 1 aliphatic heterocycles. The molecule has 8 heteroatoms. The van der Waals surface area contributed by atoms with Crippen LogP contribution in [0.4, 0.5) is 10.1 Å². The maximum atomic E-state index is 12.8. The summed E-state index contributed by atoms with van der Waals surface area (Å²) in [5, 5.41) is 2.65. The number of nitrogens with zero attached hydrogens (tertiary/aromatic N) is 3. The number of likely N-dealkylation sites (tertiary alicyclic amines) is 1. The van der Waals surface area contributed by atoms with Gasteiger partial charge in [-0.25, -0.2) is 14.4 Å². The van der Waals surface area contributed by atoms with Crippen molar-refractivity contribution in [1.29, 1.82) is 0 Å². The number of anilines is 1. The second kappa shape index (κ2) is 7.25. The molecule has 7 nitrogen and oxygen atoms in total. The van der Waals surface area contributed by atoms with Crippen LogP contribution in [0.5, 0.6) is 6.01 Å². The Labute approximate surface area is 143 Å². The second-order valence-electron chi connectivity index (χ2n) is 5.72. The van der Waals surface area contributed by atoms with E-state index in [4.69, 9.17) is 4.74 Å². The van der Waals surface area contributed by atoms with Gasteiger partial charge in [-0.15, -0.1) is 0 Å². The zero-order valence-corrected chi connectivity index (χ0v) is 13.6. The zero-order chi connectivity index (χ0) is 17.8. The van der Waals surface area contributed by atoms with Crippen molar-refractivity contribution in [3.05, 3.63) is 48.0 Å². The highest BCUT2D eigenvalue weighted by molar-refractivity contribution is 5.95. The SMILES string of the molecule is CC(=O)Nc1ccc(C(=O)N2CC[C@@H](Oc3ncc(F)cn3)C2)cc1. The van der Waals surface area contributed by atoms with Gasteiger partial charge in [0.1, 0.15) is 6.10 Å². The molecule has 0 spiro atoms. The van der Waals surface area contributed by atoms with Crippen molar-refractivity contribution in [2.45, 2.75) is 19.4 Å². The predicted octanol–water partition coefficient (Wildman–Crippen LogP) is 1.87. The van der Waals surface area contributed by atoms with Gasteiger partial charge in [-0.3, -0.25) is 9.59 Å². The number of amides is 2. The van der Waals surface area contributed by atoms with Crippen molar-refractivity contribution in [2.75, 3.05) is 18.4 Å². The first-order valence-electron chi connectivity index (χ1n) is 7.82. The lowest BCUT2D eigenvalue weighted by Gasteiger charge is -2.17. The van der Waals surface area contributed by atoms with Gasteiger partial charge in [-0.1, -0.05) is 0 Å². The summed E-state index contributed by atoms with van der Waals surface area (Å²) in [5.41, 5.74) is 1.17. The van der Waals surface area contributed by atoms with Gasteiger partial charge in [0.2, 0.25) is 5.91 Å². The highest BCUT2D eigenvalue weighted by atomic mass is 19.1. The van der Waals surface area contributed by atoms with E-state index in [-0.39, 0.29) is 23.9 Å². The third-order valence-electron chi connectivity index (χ3n) is 3.75. The number of carbonyl (C=O) groups is 2. The van der Waals surface area contributed by atoms with E-state index in [1.165, 1.54) is 6.92 Å². The quantitative estimate of drug-likeness (QED) is 0.915. The summed E-state index contributed by atoms with van der Waals surface area (Å²) in [4.78, 5) is 32.7. The Morgan fingerprint density at radius 3 is 2.56 bits per heavy atom. The maximum absolute atomic E-state index is 12.8. The first-order valence-corrected chi connectivity index (χ1v) is 7.82. The summed E-state index contributed by atoms with van der Waals surface area (Å²) in [6.45, 7) is 2.39. The van der Waals surface area contributed by atoms with E-state index in [1.54, 1.807) is 29.2 Å². The van der Waals surface area contributed by atoms with Crippen LogP contribution in [-0.2, 0) is 4.79 Å². The molecule has 2 amide bonds. The summed E-state index contributed by atoms with van der Waals surface area (Å²) >= 11 is 0. The molecule has 1 N–H and O–H groups in total. The highest BCUT2D eigenvalue weighted by Crippen LogP contribution is 2.18. The van der Waals surface area contributed by atoms with Gasteiger partial charge in [0.05, 0.1) is 18.9 Å². The maximum Gasteiger partial charge on any atom is 0.316 e. The van der Waals surface area contributed by atoms with E-state index in [0.29, 0.717) is 30.8 Å². The lowest BCUT2D eigenvalue weighted by Crippen LogP contribution is -2.31. The summed E-state index contributed by atoms with van der Waals surface area (Å²) in [5.74, 6) is -0.805. The fraction of sp³-hybridized carbons (Fsp3) is 0.294. The van der Waals surface area contributed by atoms with Crippen LogP contribution in [-0.4, -0.2) is 45.9 Å². The molecule has 1 aromatic heterocycles. The largest absolute Gasteiger partial charge is 0.458 e. The first-order chi connectivity index (χ1) is 12.0. The lowest BCUT2D eigenvalue weighted by atomic mass is 10.2. The topological polar surface area (TPSA) is 84.4 Å². The van der Waals surface area contributed by atoms with Crippen LogP contribution in [0.25, 0.3) is 0 Å². The Kier molecular flexibility index (Phi) is 4.87. The predicted molar refractivity (Wildman–Crippen MR) is 87.7 cm³/mol. The Morgan fingerprint density at radius 1 is 1.24 bits per heavy atom. The Bertz CT molecular complexity index is 764. The van der Waals surface area contributed by atoms with Crippen LogP contribution in [0, 0.1) is 5.82 Å². The Balaban J connectivity index is 1.58. The van der Waals surface area contributed by atoms with E-state index in [2.05, 4.69) is 15.3 Å². The first kappa shape index (κ1) is 16.8. The van der Waals surface area contributed by atoms with Crippen molar-refractivity contribution in [2.24, 2.45) is 0 Å². The van der Waals surface area contributed by atoms with Crippen LogP contribution >= 0.6 is 0 Å². The van der Waals surface area contributed by atoms with Crippen LogP contribution in [0.2, 0.25) is 0 Å². The minimum Gasteiger partial charge on any atom is -0.458 e. The third kappa shape index (κ3) is 4.28. The molecule has 25 heavy (non-hydrogen) atoms. The molecular weight excluding hydrogens is 327 g/mol. The molecule has 1 aromatic carbocycles. The summed E-state index contributed by atoms with van der Waals surface area (Å²) < 4.78 is 18.4. The molecule has 0 radical (unpaired) electrons. The van der Waals surface area contributed by atoms with Crippen molar-refractivity contribution < 1.29 is 18.7 Å². The molecule has 3 rings (SSSR count). The Morgan fingerprint density at radius 2 is 1.92 bits per heavy atom. The van der Waals surface area contributed by atoms with Crippen molar-refractivity contribution in [3.8, 4) is 6.01 Å². The van der Waals surface area contributed by atoms with Gasteiger partial charge in [0, 0.05) is 31.1 Å². The molecule has 0 unspecified atom stereocenters. The van der Waals surface area contributed by atoms with E-state index in [9.17, 15) is 14.0 Å². The summed E-state index contributed by atoms with van der Waals surface area (Å²) in [7, 11) is 0. The highest BCUT2D eigenvalue weighted by Gasteiger charge is 2.28. The number of benzene rings is 1. The molecule has 2 heterocycles. The van der Waals surface area contributed by atoms with Crippen molar-refractivity contribution >= 4 is 17.5 Å². The molecule has 0 bridgehead atoms. The minimum absolute atomic E-state index is 0.0976. The van der Waals surface area contributed by atoms with Gasteiger partial charge >= 0.3 is 6.01 Å². The Hall–Kier alpha value is -3.03. The molecule has 1 atom stereocenters. The van der Waals surface area contributed by atoms with E-state index < -0.39 is 5.82 Å². The lowest BCUT2D eigenvalue weighted by molar-refractivity contribution is -0.114. The van der Waals surface area contributed by atoms with Gasteiger partial charge in [-0.05, 0) is 24.3 Å². The number of hydrogen-bond donors (Lipinski definition) is 1. The molecule has 0 aliphatic carbocycles. The van der Waals surface area contributed by atoms with Crippen LogP contribution in [0.3, 0.4) is 0 Å². The molecule has 1 saturated heterocycles. The number of carbonyl (C=O) groups excluding carboxylic acids is 2. The summed E-state index contributed by atoms with van der Waals surface area (Å²) in [6, 6.07) is 6.81. The normalized spacial score (nSPS) is 16.6. The van der Waals surface area contributed by atoms with E-state index >= 15 is 0 Å². The average Bonchev–Trinajstić information content (AvgIpc) is 3.05. The number of halogens is 1. The number of aromatic nitrogens is 2. The van der Waals surface area contributed by atoms with Crippen LogP contribution in [0.1, 0.15) is 23.7 Å². The average molecular weight is 344 g/mol. The molecule has 1 fully saturated rings. The fourth-order valence-electron chi connectivity index (χ4n) is 2.60. The molecule has 1 aliphatic rings. The van der Waals surface area contributed by atoms with Gasteiger partial charge < -0.3 is 15.0 Å². The molecule has 0 saturated carbocycles. The van der Waals surface area contributed by atoms with Crippen molar-refractivity contribution in [1.82, 2.24) is 14.9 Å². The number of nitrogens with one attached hydrogen (secondary N) is 1. The zero-order valence-electron chi connectivity index (χ0n) is 13.6. The molecule has 130 valence electrons. The molecule has 2 aromatic rings. The minimum atomic E-state index is -0.529. The second-order valence-corrected chi connectivity index (χ2v) is 5.72. The third-order valence-corrected chi connectivity index (χ3v) is 3.75. The van der Waals surface area contributed by atoms with Crippen LogP contribution in [0.15, 0.2) is 36.7 Å². The van der Waals surface area contributed by atoms with Gasteiger partial charge in [-0.2, -0.15) is 0 Å². The molecular formula is C17H17FN4O3. The number of rotatable bonds is 4. The fourth-order valence-corrected chi connectivity index (χ4v) is 2.60. The van der Waals surface area contributed by atoms with E-state index in [1.807, 2.05) is 0 Å². The van der Waals surface area contributed by atoms with Crippen molar-refractivity contribution in [3.63, 3.8) is 0 Å². The van der Waals surface area contributed by atoms with Gasteiger partial charge in [0.15, 0.2) is 5.82 Å². The number of hydrogen-bond acceptors (Lipinski definition) is 5. The monoisotopic (exact) mass is 344 g/mol. The standard InChI is InChI=1S/C17H17FN4O3/c1-11(23)21-14-4-2-12(3-5-14)16(24)22-7-6-15(10-22)25-17-19-8-13(18)9-20-17/h2-5,8-9,15H,6-7,10H2,1H3,(H,21,23)/t15-/m1/s1. The number of ether oxygens (including phenoxy) is 1. The summed E-state index contributed by atoms with van der Waals surface area (Å²) in [6.07, 6.45) is 2.50. The van der Waals surface area contributed by atoms with Crippen LogP contribution < -0.4 is 10.1 Å².